The Morgan fingerprint density at radius 3 is 2.57 bits per heavy atom. The molecule has 1 aliphatic heterocycles. The molecule has 1 heterocycles. The highest BCUT2D eigenvalue weighted by molar-refractivity contribution is 9.10. The Balaban J connectivity index is 1.58. The molecule has 0 saturated carbocycles. The van der Waals surface area contributed by atoms with Crippen LogP contribution in [0.3, 0.4) is 0 Å². The summed E-state index contributed by atoms with van der Waals surface area (Å²) in [5.41, 5.74) is 1.18. The first-order valence-corrected chi connectivity index (χ1v) is 9.86. The van der Waals surface area contributed by atoms with Gasteiger partial charge in [-0.1, -0.05) is 42.5 Å². The lowest BCUT2D eigenvalue weighted by Gasteiger charge is -2.09. The highest BCUT2D eigenvalue weighted by Crippen LogP contribution is 2.31. The molecule has 1 saturated heterocycles. The van der Waals surface area contributed by atoms with Crippen molar-refractivity contribution in [2.75, 3.05) is 0 Å². The van der Waals surface area contributed by atoms with Gasteiger partial charge in [0.25, 0.3) is 11.1 Å². The van der Waals surface area contributed by atoms with Crippen LogP contribution in [-0.2, 0) is 4.79 Å². The van der Waals surface area contributed by atoms with E-state index in [2.05, 4.69) is 21.2 Å². The standard InChI is InChI=1S/C21H12BrNO4S/c22-16-10-12(11-18-19(24)23-21(26)28-18)8-9-17(16)27-20(25)15-7-3-5-13-4-1-2-6-14(13)15/h1-11H,(H,23,24,26)/b18-11-. The number of halogens is 1. The molecule has 7 heteroatoms. The molecule has 2 amide bonds. The van der Waals surface area contributed by atoms with Crippen LogP contribution in [0.5, 0.6) is 5.75 Å². The largest absolute Gasteiger partial charge is 0.422 e. The molecule has 3 aromatic carbocycles. The van der Waals surface area contributed by atoms with Crippen LogP contribution in [-0.4, -0.2) is 17.1 Å². The smallest absolute Gasteiger partial charge is 0.344 e. The van der Waals surface area contributed by atoms with Crippen LogP contribution in [0.15, 0.2) is 70.0 Å². The minimum atomic E-state index is -0.458. The molecule has 0 radical (unpaired) electrons. The summed E-state index contributed by atoms with van der Waals surface area (Å²) in [5.74, 6) is -0.516. The summed E-state index contributed by atoms with van der Waals surface area (Å²) in [4.78, 5) is 35.9. The fourth-order valence-electron chi connectivity index (χ4n) is 2.82. The van der Waals surface area contributed by atoms with E-state index in [1.165, 1.54) is 0 Å². The molecule has 0 atom stereocenters. The topological polar surface area (TPSA) is 72.5 Å². The van der Waals surface area contributed by atoms with Crippen molar-refractivity contribution >= 4 is 61.7 Å². The van der Waals surface area contributed by atoms with E-state index in [1.54, 1.807) is 30.3 Å². The van der Waals surface area contributed by atoms with Gasteiger partial charge in [0.2, 0.25) is 0 Å². The molecule has 138 valence electrons. The van der Waals surface area contributed by atoms with Crippen molar-refractivity contribution in [1.82, 2.24) is 5.32 Å². The van der Waals surface area contributed by atoms with E-state index in [-0.39, 0.29) is 0 Å². The number of imide groups is 1. The predicted molar refractivity (Wildman–Crippen MR) is 112 cm³/mol. The van der Waals surface area contributed by atoms with Crippen LogP contribution < -0.4 is 10.1 Å². The first kappa shape index (κ1) is 18.5. The molecule has 3 aromatic rings. The number of amides is 2. The van der Waals surface area contributed by atoms with Gasteiger partial charge in [-0.05, 0) is 68.3 Å². The van der Waals surface area contributed by atoms with E-state index < -0.39 is 17.1 Å². The molecule has 0 bridgehead atoms. The maximum absolute atomic E-state index is 12.7. The van der Waals surface area contributed by atoms with E-state index in [0.29, 0.717) is 26.3 Å². The number of fused-ring (bicyclic) bond motifs is 1. The third-order valence-electron chi connectivity index (χ3n) is 4.11. The second-order valence-electron chi connectivity index (χ2n) is 5.96. The molecule has 1 fully saturated rings. The molecule has 4 rings (SSSR count). The highest BCUT2D eigenvalue weighted by Gasteiger charge is 2.25. The number of ether oxygens (including phenoxy) is 1. The zero-order valence-electron chi connectivity index (χ0n) is 14.3. The van der Waals surface area contributed by atoms with Crippen molar-refractivity contribution < 1.29 is 19.1 Å². The molecule has 0 unspecified atom stereocenters. The van der Waals surface area contributed by atoms with Crippen molar-refractivity contribution in [3.63, 3.8) is 0 Å². The van der Waals surface area contributed by atoms with Crippen molar-refractivity contribution in [2.45, 2.75) is 0 Å². The Bertz CT molecular complexity index is 1170. The van der Waals surface area contributed by atoms with Gasteiger partial charge in [-0.15, -0.1) is 0 Å². The van der Waals surface area contributed by atoms with Crippen LogP contribution >= 0.6 is 27.7 Å². The van der Waals surface area contributed by atoms with Gasteiger partial charge in [0.1, 0.15) is 5.75 Å². The number of benzene rings is 3. The SMILES string of the molecule is O=C1NC(=O)/C(=C/c2ccc(OC(=O)c3cccc4ccccc34)c(Br)c2)S1. The Morgan fingerprint density at radius 1 is 1.04 bits per heavy atom. The van der Waals surface area contributed by atoms with E-state index in [9.17, 15) is 14.4 Å². The monoisotopic (exact) mass is 453 g/mol. The number of rotatable bonds is 3. The normalized spacial score (nSPS) is 15.1. The average molecular weight is 454 g/mol. The van der Waals surface area contributed by atoms with E-state index in [4.69, 9.17) is 4.74 Å². The lowest BCUT2D eigenvalue weighted by Crippen LogP contribution is -2.17. The first-order valence-electron chi connectivity index (χ1n) is 8.25. The average Bonchev–Trinajstić information content (AvgIpc) is 3.00. The molecular weight excluding hydrogens is 442 g/mol. The Morgan fingerprint density at radius 2 is 1.82 bits per heavy atom. The van der Waals surface area contributed by atoms with Gasteiger partial charge < -0.3 is 4.74 Å². The fourth-order valence-corrected chi connectivity index (χ4v) is 3.98. The van der Waals surface area contributed by atoms with E-state index in [0.717, 1.165) is 22.5 Å². The molecule has 1 N–H and O–H groups in total. The third kappa shape index (κ3) is 3.72. The van der Waals surface area contributed by atoms with Crippen LogP contribution in [0.25, 0.3) is 16.8 Å². The Labute approximate surface area is 172 Å². The van der Waals surface area contributed by atoms with Gasteiger partial charge in [-0.2, -0.15) is 0 Å². The summed E-state index contributed by atoms with van der Waals surface area (Å²) in [5, 5.41) is 3.59. The maximum atomic E-state index is 12.7. The Kier molecular flexibility index (Phi) is 5.02. The third-order valence-corrected chi connectivity index (χ3v) is 5.54. The minimum absolute atomic E-state index is 0.317. The number of nitrogens with one attached hydrogen (secondary N) is 1. The predicted octanol–water partition coefficient (Wildman–Crippen LogP) is 5.15. The van der Waals surface area contributed by atoms with Crippen LogP contribution in [0, 0.1) is 0 Å². The summed E-state index contributed by atoms with van der Waals surface area (Å²) in [6.07, 6.45) is 1.60. The zero-order valence-corrected chi connectivity index (χ0v) is 16.7. The van der Waals surface area contributed by atoms with Gasteiger partial charge >= 0.3 is 5.97 Å². The van der Waals surface area contributed by atoms with Crippen LogP contribution in [0.4, 0.5) is 4.79 Å². The number of hydrogen-bond donors (Lipinski definition) is 1. The maximum Gasteiger partial charge on any atom is 0.344 e. The van der Waals surface area contributed by atoms with Crippen LogP contribution in [0.1, 0.15) is 15.9 Å². The molecule has 0 spiro atoms. The van der Waals surface area contributed by atoms with Gasteiger partial charge in [0.05, 0.1) is 14.9 Å². The summed E-state index contributed by atoms with van der Waals surface area (Å²) in [6.45, 7) is 0. The van der Waals surface area contributed by atoms with E-state index >= 15 is 0 Å². The van der Waals surface area contributed by atoms with Crippen LogP contribution in [0.2, 0.25) is 0 Å². The highest BCUT2D eigenvalue weighted by atomic mass is 79.9. The molecule has 0 aromatic heterocycles. The van der Waals surface area contributed by atoms with E-state index in [1.807, 2.05) is 36.4 Å². The van der Waals surface area contributed by atoms with Crippen molar-refractivity contribution in [3.05, 3.63) is 81.2 Å². The van der Waals surface area contributed by atoms with Gasteiger partial charge in [0.15, 0.2) is 0 Å². The lowest BCUT2D eigenvalue weighted by molar-refractivity contribution is -0.115. The second-order valence-corrected chi connectivity index (χ2v) is 7.83. The molecule has 1 aliphatic rings. The first-order chi connectivity index (χ1) is 13.5. The quantitative estimate of drug-likeness (QED) is 0.337. The zero-order chi connectivity index (χ0) is 19.7. The summed E-state index contributed by atoms with van der Waals surface area (Å²) in [6, 6.07) is 18.1. The van der Waals surface area contributed by atoms with Crippen molar-refractivity contribution in [1.29, 1.82) is 0 Å². The molecule has 5 nitrogen and oxygen atoms in total. The van der Waals surface area contributed by atoms with Gasteiger partial charge in [-0.25, -0.2) is 4.79 Å². The molecule has 0 aliphatic carbocycles. The minimum Gasteiger partial charge on any atom is -0.422 e. The van der Waals surface area contributed by atoms with Gasteiger partial charge in [-0.3, -0.25) is 14.9 Å². The van der Waals surface area contributed by atoms with Crippen molar-refractivity contribution in [2.24, 2.45) is 0 Å². The summed E-state index contributed by atoms with van der Waals surface area (Å²) in [7, 11) is 0. The number of carbonyl (C=O) groups excluding carboxylic acids is 3. The Hall–Kier alpha value is -2.90. The summed E-state index contributed by atoms with van der Waals surface area (Å²) >= 11 is 4.24. The lowest BCUT2D eigenvalue weighted by atomic mass is 10.0. The van der Waals surface area contributed by atoms with Crippen molar-refractivity contribution in [3.8, 4) is 5.75 Å². The molecule has 28 heavy (non-hydrogen) atoms. The second kappa shape index (κ2) is 7.61. The number of thioether (sulfide) groups is 1. The number of hydrogen-bond acceptors (Lipinski definition) is 5. The molecular formula is C21H12BrNO4S. The van der Waals surface area contributed by atoms with Gasteiger partial charge in [0, 0.05) is 0 Å². The number of esters is 1. The number of carbonyl (C=O) groups is 3. The fraction of sp³-hybridized carbons (Fsp3) is 0. The summed E-state index contributed by atoms with van der Waals surface area (Å²) < 4.78 is 6.12.